The molecule has 2 aromatic rings. The van der Waals surface area contributed by atoms with E-state index in [0.29, 0.717) is 25.1 Å². The fourth-order valence-corrected chi connectivity index (χ4v) is 4.62. The number of aromatic nitrogens is 2. The zero-order chi connectivity index (χ0) is 22.4. The molecule has 2 aliphatic heterocycles. The highest BCUT2D eigenvalue weighted by Crippen LogP contribution is 2.26. The van der Waals surface area contributed by atoms with Crippen molar-refractivity contribution in [2.75, 3.05) is 57.8 Å². The number of carbonyl (C=O) groups excluding carboxylic acids is 1. The second kappa shape index (κ2) is 10.3. The molecule has 1 unspecified atom stereocenters. The first-order valence-electron chi connectivity index (χ1n) is 11.5. The quantitative estimate of drug-likeness (QED) is 0.674. The van der Waals surface area contributed by atoms with Gasteiger partial charge in [-0.2, -0.15) is 0 Å². The van der Waals surface area contributed by atoms with Crippen LogP contribution in [-0.4, -0.2) is 89.3 Å². The van der Waals surface area contributed by atoms with E-state index in [1.165, 1.54) is 12.8 Å². The zero-order valence-corrected chi connectivity index (χ0v) is 18.8. The molecule has 1 N–H and O–H groups in total. The normalized spacial score (nSPS) is 21.5. The number of aliphatic hydroxyl groups is 1. The first kappa shape index (κ1) is 22.5. The number of carbonyl (C=O) groups is 1. The fraction of sp³-hybridized carbons (Fsp3) is 0.542. The summed E-state index contributed by atoms with van der Waals surface area (Å²) in [4.78, 5) is 27.4. The van der Waals surface area contributed by atoms with Crippen molar-refractivity contribution in [3.05, 3.63) is 48.4 Å². The molecular formula is C24H33N5O3. The zero-order valence-electron chi connectivity index (χ0n) is 18.8. The molecule has 8 heteroatoms. The van der Waals surface area contributed by atoms with Gasteiger partial charge in [-0.1, -0.05) is 0 Å². The maximum absolute atomic E-state index is 12.9. The Balaban J connectivity index is 1.29. The molecule has 0 bridgehead atoms. The van der Waals surface area contributed by atoms with E-state index in [1.54, 1.807) is 42.7 Å². The summed E-state index contributed by atoms with van der Waals surface area (Å²) in [6.45, 7) is 5.41. The van der Waals surface area contributed by atoms with Crippen molar-refractivity contribution in [2.45, 2.75) is 31.3 Å². The first-order chi connectivity index (χ1) is 15.5. The monoisotopic (exact) mass is 439 g/mol. The lowest BCUT2D eigenvalue weighted by molar-refractivity contribution is -0.000147. The van der Waals surface area contributed by atoms with Crippen LogP contribution in [0.1, 0.15) is 36.0 Å². The van der Waals surface area contributed by atoms with Gasteiger partial charge in [-0.3, -0.25) is 14.7 Å². The summed E-state index contributed by atoms with van der Waals surface area (Å²) in [6.07, 6.45) is 9.02. The van der Waals surface area contributed by atoms with Crippen molar-refractivity contribution in [3.8, 4) is 5.75 Å². The Morgan fingerprint density at radius 3 is 2.66 bits per heavy atom. The van der Waals surface area contributed by atoms with Crippen molar-refractivity contribution in [1.29, 1.82) is 0 Å². The molecule has 1 aromatic carbocycles. The van der Waals surface area contributed by atoms with Crippen LogP contribution in [0.4, 0.5) is 5.82 Å². The lowest BCUT2D eigenvalue weighted by Crippen LogP contribution is -2.54. The molecule has 0 spiro atoms. The molecule has 172 valence electrons. The SMILES string of the molecule is CN(CC1(O)CCCN(c2cnccn2)C1)C(=O)c1ccc(OCCN2CCCC2)cc1. The Kier molecular flexibility index (Phi) is 7.22. The number of amides is 1. The highest BCUT2D eigenvalue weighted by molar-refractivity contribution is 5.94. The van der Waals surface area contributed by atoms with Crippen LogP contribution < -0.4 is 9.64 Å². The molecule has 1 atom stereocenters. The van der Waals surface area contributed by atoms with Crippen LogP contribution in [0.5, 0.6) is 5.75 Å². The summed E-state index contributed by atoms with van der Waals surface area (Å²) in [7, 11) is 1.74. The molecular weight excluding hydrogens is 406 g/mol. The van der Waals surface area contributed by atoms with E-state index < -0.39 is 5.60 Å². The maximum atomic E-state index is 12.9. The van der Waals surface area contributed by atoms with E-state index in [1.807, 2.05) is 17.0 Å². The van der Waals surface area contributed by atoms with Crippen LogP contribution in [0.25, 0.3) is 0 Å². The maximum Gasteiger partial charge on any atom is 0.253 e. The predicted molar refractivity (Wildman–Crippen MR) is 123 cm³/mol. The number of piperidine rings is 1. The number of hydrogen-bond donors (Lipinski definition) is 1. The molecule has 2 saturated heterocycles. The minimum atomic E-state index is -0.987. The van der Waals surface area contributed by atoms with Gasteiger partial charge in [0.2, 0.25) is 0 Å². The van der Waals surface area contributed by atoms with Gasteiger partial charge in [-0.15, -0.1) is 0 Å². The lowest BCUT2D eigenvalue weighted by atomic mass is 9.92. The van der Waals surface area contributed by atoms with E-state index >= 15 is 0 Å². The second-order valence-corrected chi connectivity index (χ2v) is 8.90. The number of hydrogen-bond acceptors (Lipinski definition) is 7. The number of likely N-dealkylation sites (N-methyl/N-ethyl adjacent to an activating group) is 1. The molecule has 8 nitrogen and oxygen atoms in total. The Morgan fingerprint density at radius 1 is 1.16 bits per heavy atom. The number of nitrogens with zero attached hydrogens (tertiary/aromatic N) is 5. The fourth-order valence-electron chi connectivity index (χ4n) is 4.62. The molecule has 2 aliphatic rings. The summed E-state index contributed by atoms with van der Waals surface area (Å²) in [5, 5.41) is 11.2. The number of rotatable bonds is 8. The number of benzene rings is 1. The third-order valence-corrected chi connectivity index (χ3v) is 6.28. The van der Waals surface area contributed by atoms with Crippen LogP contribution in [-0.2, 0) is 0 Å². The summed E-state index contributed by atoms with van der Waals surface area (Å²) in [5.41, 5.74) is -0.400. The highest BCUT2D eigenvalue weighted by atomic mass is 16.5. The van der Waals surface area contributed by atoms with Gasteiger partial charge in [0.05, 0.1) is 18.3 Å². The van der Waals surface area contributed by atoms with Gasteiger partial charge < -0.3 is 19.6 Å². The van der Waals surface area contributed by atoms with Crippen molar-refractivity contribution >= 4 is 11.7 Å². The molecule has 0 radical (unpaired) electrons. The molecule has 1 amide bonds. The van der Waals surface area contributed by atoms with Gasteiger partial charge in [0.1, 0.15) is 18.2 Å². The van der Waals surface area contributed by atoms with E-state index in [-0.39, 0.29) is 12.5 Å². The van der Waals surface area contributed by atoms with E-state index in [2.05, 4.69) is 14.9 Å². The molecule has 2 fully saturated rings. The average Bonchev–Trinajstić information content (AvgIpc) is 3.33. The molecule has 0 aliphatic carbocycles. The number of β-amino-alcohol motifs (C(OH)–C–C–N with tert-alkyl or cyclic N) is 1. The van der Waals surface area contributed by atoms with Gasteiger partial charge in [-0.05, 0) is 63.0 Å². The largest absolute Gasteiger partial charge is 0.492 e. The van der Waals surface area contributed by atoms with E-state index in [9.17, 15) is 9.90 Å². The average molecular weight is 440 g/mol. The first-order valence-corrected chi connectivity index (χ1v) is 11.5. The summed E-state index contributed by atoms with van der Waals surface area (Å²) < 4.78 is 5.83. The van der Waals surface area contributed by atoms with Crippen molar-refractivity contribution in [1.82, 2.24) is 19.8 Å². The topological polar surface area (TPSA) is 82.0 Å². The van der Waals surface area contributed by atoms with Gasteiger partial charge in [-0.25, -0.2) is 4.98 Å². The second-order valence-electron chi connectivity index (χ2n) is 8.90. The summed E-state index contributed by atoms with van der Waals surface area (Å²) in [5.74, 6) is 1.41. The van der Waals surface area contributed by atoms with Crippen LogP contribution in [0.2, 0.25) is 0 Å². The van der Waals surface area contributed by atoms with Gasteiger partial charge in [0, 0.05) is 44.6 Å². The third-order valence-electron chi connectivity index (χ3n) is 6.28. The molecule has 3 heterocycles. The third kappa shape index (κ3) is 5.75. The van der Waals surface area contributed by atoms with Crippen LogP contribution in [0, 0.1) is 0 Å². The van der Waals surface area contributed by atoms with E-state index in [0.717, 1.165) is 44.2 Å². The van der Waals surface area contributed by atoms with E-state index in [4.69, 9.17) is 4.74 Å². The van der Waals surface area contributed by atoms with Gasteiger partial charge in [0.15, 0.2) is 0 Å². The van der Waals surface area contributed by atoms with Crippen molar-refractivity contribution in [2.24, 2.45) is 0 Å². The smallest absolute Gasteiger partial charge is 0.253 e. The van der Waals surface area contributed by atoms with Crippen molar-refractivity contribution < 1.29 is 14.6 Å². The van der Waals surface area contributed by atoms with Crippen LogP contribution >= 0.6 is 0 Å². The Hall–Kier alpha value is -2.71. The van der Waals surface area contributed by atoms with Gasteiger partial charge >= 0.3 is 0 Å². The van der Waals surface area contributed by atoms with Crippen LogP contribution in [0.15, 0.2) is 42.9 Å². The minimum absolute atomic E-state index is 0.112. The minimum Gasteiger partial charge on any atom is -0.492 e. The Morgan fingerprint density at radius 2 is 1.94 bits per heavy atom. The predicted octanol–water partition coefficient (Wildman–Crippen LogP) is 2.05. The lowest BCUT2D eigenvalue weighted by Gasteiger charge is -2.41. The summed E-state index contributed by atoms with van der Waals surface area (Å²) in [6, 6.07) is 7.27. The Labute approximate surface area is 189 Å². The van der Waals surface area contributed by atoms with Gasteiger partial charge in [0.25, 0.3) is 5.91 Å². The molecule has 4 rings (SSSR count). The Bertz CT molecular complexity index is 873. The number of anilines is 1. The number of likely N-dealkylation sites (tertiary alicyclic amines) is 1. The summed E-state index contributed by atoms with van der Waals surface area (Å²) >= 11 is 0. The number of ether oxygens (including phenoxy) is 1. The molecule has 32 heavy (non-hydrogen) atoms. The molecule has 1 aromatic heterocycles. The van der Waals surface area contributed by atoms with Crippen molar-refractivity contribution in [3.63, 3.8) is 0 Å². The van der Waals surface area contributed by atoms with Crippen LogP contribution in [0.3, 0.4) is 0 Å². The highest BCUT2D eigenvalue weighted by Gasteiger charge is 2.36. The standard InChI is InChI=1S/C24H33N5O3/c1-27(18-24(31)9-4-14-29(19-24)22-17-25-10-11-26-22)23(30)20-5-7-21(8-6-20)32-16-15-28-12-2-3-13-28/h5-8,10-11,17,31H,2-4,9,12-16,18-19H2,1H3. The molecule has 0 saturated carbocycles.